The summed E-state index contributed by atoms with van der Waals surface area (Å²) in [6, 6.07) is 1.03. The number of halogens is 3. The van der Waals surface area contributed by atoms with E-state index in [1.165, 1.54) is 0 Å². The average molecular weight is 265 g/mol. The van der Waals surface area contributed by atoms with Crippen LogP contribution in [0.25, 0.3) is 0 Å². The summed E-state index contributed by atoms with van der Waals surface area (Å²) in [5.74, 6) is -1.52. The van der Waals surface area contributed by atoms with Crippen LogP contribution in [0.5, 0.6) is 11.5 Å². The maximum atomic E-state index is 13.4. The third-order valence-electron chi connectivity index (χ3n) is 1.87. The second kappa shape index (κ2) is 3.73. The van der Waals surface area contributed by atoms with E-state index in [1.807, 2.05) is 0 Å². The first-order chi connectivity index (χ1) is 6.70. The minimum Gasteiger partial charge on any atom is -0.487 e. The van der Waals surface area contributed by atoms with Gasteiger partial charge in [0.25, 0.3) is 0 Å². The molecule has 14 heavy (non-hydrogen) atoms. The van der Waals surface area contributed by atoms with E-state index in [0.717, 1.165) is 6.07 Å². The second-order valence-electron chi connectivity index (χ2n) is 2.86. The molecular weight excluding hydrogens is 258 g/mol. The predicted molar refractivity (Wildman–Crippen MR) is 49.7 cm³/mol. The lowest BCUT2D eigenvalue weighted by Gasteiger charge is -2.09. The summed E-state index contributed by atoms with van der Waals surface area (Å²) >= 11 is 2.90. The van der Waals surface area contributed by atoms with Gasteiger partial charge in [-0.05, 0) is 22.0 Å². The van der Waals surface area contributed by atoms with Crippen molar-refractivity contribution >= 4 is 15.9 Å². The normalized spacial score (nSPS) is 15.1. The first-order valence-corrected chi connectivity index (χ1v) is 4.92. The Morgan fingerprint density at radius 1 is 1.14 bits per heavy atom. The molecule has 0 atom stereocenters. The van der Waals surface area contributed by atoms with Gasteiger partial charge < -0.3 is 9.47 Å². The Hall–Kier alpha value is -0.840. The molecule has 1 aliphatic heterocycles. The van der Waals surface area contributed by atoms with Gasteiger partial charge in [0.2, 0.25) is 5.75 Å². The number of fused-ring (bicyclic) bond motifs is 1. The van der Waals surface area contributed by atoms with E-state index in [9.17, 15) is 8.78 Å². The first-order valence-electron chi connectivity index (χ1n) is 4.13. The van der Waals surface area contributed by atoms with Crippen molar-refractivity contribution in [2.75, 3.05) is 13.2 Å². The van der Waals surface area contributed by atoms with Gasteiger partial charge in [-0.25, -0.2) is 8.78 Å². The van der Waals surface area contributed by atoms with Crippen molar-refractivity contribution < 1.29 is 18.3 Å². The fourth-order valence-electron chi connectivity index (χ4n) is 1.23. The number of hydrogen-bond acceptors (Lipinski definition) is 2. The highest BCUT2D eigenvalue weighted by Gasteiger charge is 2.22. The summed E-state index contributed by atoms with van der Waals surface area (Å²) in [5.41, 5.74) is 0. The molecule has 0 aliphatic carbocycles. The molecule has 0 aromatic heterocycles. The van der Waals surface area contributed by atoms with Gasteiger partial charge in [-0.2, -0.15) is 0 Å². The van der Waals surface area contributed by atoms with E-state index in [-0.39, 0.29) is 16.0 Å². The van der Waals surface area contributed by atoms with E-state index in [0.29, 0.717) is 19.6 Å². The van der Waals surface area contributed by atoms with Gasteiger partial charge in [-0.1, -0.05) is 0 Å². The molecule has 2 rings (SSSR count). The number of benzene rings is 1. The molecule has 0 saturated heterocycles. The molecule has 2 nitrogen and oxygen atoms in total. The zero-order valence-electron chi connectivity index (χ0n) is 7.15. The molecule has 0 amide bonds. The zero-order chi connectivity index (χ0) is 10.1. The Balaban J connectivity index is 2.57. The summed E-state index contributed by atoms with van der Waals surface area (Å²) in [5, 5.41) is 0. The van der Waals surface area contributed by atoms with Crippen molar-refractivity contribution in [2.45, 2.75) is 6.42 Å². The molecule has 0 unspecified atom stereocenters. The van der Waals surface area contributed by atoms with E-state index in [1.54, 1.807) is 0 Å². The van der Waals surface area contributed by atoms with Crippen molar-refractivity contribution in [3.8, 4) is 11.5 Å². The molecule has 0 fully saturated rings. The maximum absolute atomic E-state index is 13.4. The number of rotatable bonds is 0. The quantitative estimate of drug-likeness (QED) is 0.671. The topological polar surface area (TPSA) is 18.5 Å². The minimum absolute atomic E-state index is 0.0410. The monoisotopic (exact) mass is 264 g/mol. The van der Waals surface area contributed by atoms with Crippen LogP contribution in [0.15, 0.2) is 10.5 Å². The average Bonchev–Trinajstić information content (AvgIpc) is 2.39. The second-order valence-corrected chi connectivity index (χ2v) is 3.72. The van der Waals surface area contributed by atoms with Crippen LogP contribution in [0, 0.1) is 11.6 Å². The number of hydrogen-bond donors (Lipinski definition) is 0. The third kappa shape index (κ3) is 1.56. The summed E-state index contributed by atoms with van der Waals surface area (Å²) in [6.45, 7) is 0.671. The van der Waals surface area contributed by atoms with Crippen molar-refractivity contribution in [1.82, 2.24) is 0 Å². The van der Waals surface area contributed by atoms with Gasteiger partial charge in [0.05, 0.1) is 17.7 Å². The standard InChI is InChI=1S/C9H7BrF2O2/c10-5-4-6(11)8-9(7(5)12)14-3-1-2-13-8/h4H,1-3H2. The molecular formula is C9H7BrF2O2. The Bertz CT molecular complexity index is 368. The van der Waals surface area contributed by atoms with Gasteiger partial charge in [-0.3, -0.25) is 0 Å². The molecule has 0 saturated carbocycles. The van der Waals surface area contributed by atoms with E-state index >= 15 is 0 Å². The van der Waals surface area contributed by atoms with Crippen LogP contribution >= 0.6 is 15.9 Å². The van der Waals surface area contributed by atoms with Gasteiger partial charge in [0.15, 0.2) is 17.4 Å². The highest BCUT2D eigenvalue weighted by Crippen LogP contribution is 2.38. The SMILES string of the molecule is Fc1cc(Br)c(F)c2c1OCCCO2. The maximum Gasteiger partial charge on any atom is 0.201 e. The predicted octanol–water partition coefficient (Wildman–Crippen LogP) is 2.89. The summed E-state index contributed by atoms with van der Waals surface area (Å²) in [4.78, 5) is 0. The third-order valence-corrected chi connectivity index (χ3v) is 2.44. The zero-order valence-corrected chi connectivity index (χ0v) is 8.74. The van der Waals surface area contributed by atoms with Crippen molar-refractivity contribution in [1.29, 1.82) is 0 Å². The smallest absolute Gasteiger partial charge is 0.201 e. The van der Waals surface area contributed by atoms with Crippen molar-refractivity contribution in [3.63, 3.8) is 0 Å². The Labute approximate surface area is 87.9 Å². The summed E-state index contributed by atoms with van der Waals surface area (Å²) in [7, 11) is 0. The molecule has 1 aliphatic rings. The van der Waals surface area contributed by atoms with E-state index in [4.69, 9.17) is 9.47 Å². The van der Waals surface area contributed by atoms with Crippen molar-refractivity contribution in [3.05, 3.63) is 22.2 Å². The van der Waals surface area contributed by atoms with Crippen LogP contribution in [-0.4, -0.2) is 13.2 Å². The first kappa shape index (κ1) is 9.71. The van der Waals surface area contributed by atoms with E-state index < -0.39 is 11.6 Å². The van der Waals surface area contributed by atoms with Gasteiger partial charge >= 0.3 is 0 Å². The lowest BCUT2D eigenvalue weighted by molar-refractivity contribution is 0.289. The summed E-state index contributed by atoms with van der Waals surface area (Å²) < 4.78 is 36.9. The molecule has 5 heteroatoms. The van der Waals surface area contributed by atoms with Crippen molar-refractivity contribution in [2.24, 2.45) is 0 Å². The Morgan fingerprint density at radius 2 is 1.79 bits per heavy atom. The van der Waals surface area contributed by atoms with E-state index in [2.05, 4.69) is 15.9 Å². The minimum atomic E-state index is -0.622. The Morgan fingerprint density at radius 3 is 2.50 bits per heavy atom. The van der Waals surface area contributed by atoms with Crippen LogP contribution in [0.3, 0.4) is 0 Å². The van der Waals surface area contributed by atoms with Crippen LogP contribution in [-0.2, 0) is 0 Å². The molecule has 76 valence electrons. The summed E-state index contributed by atoms with van der Waals surface area (Å²) in [6.07, 6.45) is 0.616. The van der Waals surface area contributed by atoms with Crippen LogP contribution in [0.4, 0.5) is 8.78 Å². The van der Waals surface area contributed by atoms with Gasteiger partial charge in [-0.15, -0.1) is 0 Å². The molecule has 0 N–H and O–H groups in total. The fourth-order valence-corrected chi connectivity index (χ4v) is 1.61. The molecule has 1 aromatic carbocycles. The molecule has 0 bridgehead atoms. The lowest BCUT2D eigenvalue weighted by Crippen LogP contribution is -1.98. The fraction of sp³-hybridized carbons (Fsp3) is 0.333. The number of ether oxygens (including phenoxy) is 2. The highest BCUT2D eigenvalue weighted by atomic mass is 79.9. The van der Waals surface area contributed by atoms with Crippen LogP contribution in [0.2, 0.25) is 0 Å². The highest BCUT2D eigenvalue weighted by molar-refractivity contribution is 9.10. The Kier molecular flexibility index (Phi) is 2.58. The molecule has 1 aromatic rings. The van der Waals surface area contributed by atoms with Crippen LogP contribution < -0.4 is 9.47 Å². The van der Waals surface area contributed by atoms with Gasteiger partial charge in [0, 0.05) is 6.42 Å². The lowest BCUT2D eigenvalue weighted by atomic mass is 10.3. The molecule has 0 spiro atoms. The largest absolute Gasteiger partial charge is 0.487 e. The molecule has 0 radical (unpaired) electrons. The van der Waals surface area contributed by atoms with Crippen LogP contribution in [0.1, 0.15) is 6.42 Å². The molecule has 1 heterocycles. The van der Waals surface area contributed by atoms with Gasteiger partial charge in [0.1, 0.15) is 0 Å².